The molecule has 0 saturated heterocycles. The zero-order valence-electron chi connectivity index (χ0n) is 15.4. The van der Waals surface area contributed by atoms with E-state index < -0.39 is 16.8 Å². The number of nitrogens with zero attached hydrogens (tertiary/aromatic N) is 2. The molecule has 0 bridgehead atoms. The summed E-state index contributed by atoms with van der Waals surface area (Å²) in [7, 11) is 0. The van der Waals surface area contributed by atoms with E-state index in [9.17, 15) is 9.18 Å². The number of anilines is 1. The van der Waals surface area contributed by atoms with E-state index in [-0.39, 0.29) is 36.8 Å². The van der Waals surface area contributed by atoms with Crippen LogP contribution in [0.4, 0.5) is 10.1 Å². The predicted molar refractivity (Wildman–Crippen MR) is 107 cm³/mol. The van der Waals surface area contributed by atoms with Crippen molar-refractivity contribution in [3.8, 4) is 5.69 Å². The average Bonchev–Trinajstić information content (AvgIpc) is 3.08. The lowest BCUT2D eigenvalue weighted by atomic mass is 9.54. The van der Waals surface area contributed by atoms with E-state index in [1.807, 2.05) is 20.8 Å². The molecule has 3 rings (SSSR count). The molecule has 1 aromatic carbocycles. The maximum absolute atomic E-state index is 14.3. The molecule has 2 unspecified atom stereocenters. The summed E-state index contributed by atoms with van der Waals surface area (Å²) in [5.74, 6) is -0.787. The SMILES string of the molecule is CCOC1CC(N)(C(=O)Nc2ccc(-n3ccnc3)c(F)c2)C1(C)C.Cl.Cl. The Morgan fingerprint density at radius 1 is 1.44 bits per heavy atom. The number of carbonyl (C=O) groups excluding carboxylic acids is 1. The third-order valence-corrected chi connectivity index (χ3v) is 5.22. The van der Waals surface area contributed by atoms with Crippen molar-refractivity contribution in [1.29, 1.82) is 0 Å². The van der Waals surface area contributed by atoms with Crippen molar-refractivity contribution in [2.45, 2.75) is 38.8 Å². The Balaban J connectivity index is 0.00000182. The number of amides is 1. The van der Waals surface area contributed by atoms with Gasteiger partial charge in [-0.2, -0.15) is 0 Å². The van der Waals surface area contributed by atoms with E-state index in [0.717, 1.165) is 0 Å². The highest BCUT2D eigenvalue weighted by Crippen LogP contribution is 2.50. The van der Waals surface area contributed by atoms with Crippen LogP contribution in [0.1, 0.15) is 27.2 Å². The Hall–Kier alpha value is -1.67. The number of aromatic nitrogens is 2. The average molecular weight is 419 g/mol. The molecule has 1 heterocycles. The monoisotopic (exact) mass is 418 g/mol. The first-order valence-corrected chi connectivity index (χ1v) is 8.29. The molecule has 3 N–H and O–H groups in total. The summed E-state index contributed by atoms with van der Waals surface area (Å²) in [6, 6.07) is 4.51. The lowest BCUT2D eigenvalue weighted by Crippen LogP contribution is -2.74. The molecule has 1 amide bonds. The van der Waals surface area contributed by atoms with E-state index in [4.69, 9.17) is 10.5 Å². The molecule has 1 aliphatic carbocycles. The minimum absolute atomic E-state index is 0. The molecule has 6 nitrogen and oxygen atoms in total. The molecule has 1 aromatic heterocycles. The van der Waals surface area contributed by atoms with E-state index >= 15 is 0 Å². The van der Waals surface area contributed by atoms with Gasteiger partial charge in [0.1, 0.15) is 11.4 Å². The van der Waals surface area contributed by atoms with Gasteiger partial charge in [-0.1, -0.05) is 13.8 Å². The molecule has 9 heteroatoms. The van der Waals surface area contributed by atoms with Gasteiger partial charge in [0, 0.05) is 36.5 Å². The Kier molecular flexibility index (Phi) is 7.41. The number of nitrogens with two attached hydrogens (primary N) is 1. The van der Waals surface area contributed by atoms with Gasteiger partial charge in [0.15, 0.2) is 0 Å². The van der Waals surface area contributed by atoms with Gasteiger partial charge >= 0.3 is 0 Å². The van der Waals surface area contributed by atoms with Crippen molar-refractivity contribution < 1.29 is 13.9 Å². The second-order valence-corrected chi connectivity index (χ2v) is 6.93. The van der Waals surface area contributed by atoms with E-state index in [1.165, 1.54) is 12.4 Å². The zero-order valence-corrected chi connectivity index (χ0v) is 17.1. The molecule has 1 fully saturated rings. The number of carbonyl (C=O) groups is 1. The van der Waals surface area contributed by atoms with Crippen molar-refractivity contribution in [3.63, 3.8) is 0 Å². The third-order valence-electron chi connectivity index (χ3n) is 5.22. The van der Waals surface area contributed by atoms with Crippen LogP contribution in [-0.4, -0.2) is 33.7 Å². The third kappa shape index (κ3) is 3.96. The van der Waals surface area contributed by atoms with Gasteiger partial charge in [-0.25, -0.2) is 9.37 Å². The number of benzene rings is 1. The molecular weight excluding hydrogens is 394 g/mol. The summed E-state index contributed by atoms with van der Waals surface area (Å²) in [6.07, 6.45) is 5.11. The van der Waals surface area contributed by atoms with Crippen LogP contribution >= 0.6 is 24.8 Å². The molecule has 27 heavy (non-hydrogen) atoms. The molecule has 1 aliphatic rings. The number of imidazole rings is 1. The van der Waals surface area contributed by atoms with Gasteiger partial charge in [0.2, 0.25) is 5.91 Å². The molecule has 0 aliphatic heterocycles. The summed E-state index contributed by atoms with van der Waals surface area (Å²) in [4.78, 5) is 16.6. The van der Waals surface area contributed by atoms with Crippen LogP contribution in [0.25, 0.3) is 5.69 Å². The maximum Gasteiger partial charge on any atom is 0.245 e. The molecular formula is C18H25Cl2FN4O2. The Morgan fingerprint density at radius 3 is 2.67 bits per heavy atom. The zero-order chi connectivity index (χ0) is 18.2. The molecule has 0 radical (unpaired) electrons. The number of halogens is 3. The van der Waals surface area contributed by atoms with Crippen molar-refractivity contribution in [3.05, 3.63) is 42.7 Å². The summed E-state index contributed by atoms with van der Waals surface area (Å²) in [5, 5.41) is 2.73. The minimum atomic E-state index is -1.05. The van der Waals surface area contributed by atoms with Crippen LogP contribution in [0.5, 0.6) is 0 Å². The standard InChI is InChI=1S/C18H23FN4O2.2ClH/c1-4-25-15-10-18(20,17(15,2)3)16(24)22-12-5-6-14(13(19)9-12)23-8-7-21-11-23;;/h5-9,11,15H,4,10,20H2,1-3H3,(H,22,24);2*1H. The van der Waals surface area contributed by atoms with Gasteiger partial charge in [-0.05, 0) is 25.1 Å². The number of hydrogen-bond acceptors (Lipinski definition) is 4. The Bertz CT molecular complexity index is 786. The van der Waals surface area contributed by atoms with E-state index in [0.29, 0.717) is 24.4 Å². The Morgan fingerprint density at radius 2 is 2.15 bits per heavy atom. The van der Waals surface area contributed by atoms with Gasteiger partial charge < -0.3 is 20.4 Å². The maximum atomic E-state index is 14.3. The number of nitrogens with one attached hydrogen (secondary N) is 1. The fraction of sp³-hybridized carbons (Fsp3) is 0.444. The Labute approximate surface area is 170 Å². The second kappa shape index (κ2) is 8.56. The fourth-order valence-corrected chi connectivity index (χ4v) is 3.26. The van der Waals surface area contributed by atoms with Crippen LogP contribution in [0.3, 0.4) is 0 Å². The summed E-state index contributed by atoms with van der Waals surface area (Å²) < 4.78 is 21.5. The smallest absolute Gasteiger partial charge is 0.245 e. The fourth-order valence-electron chi connectivity index (χ4n) is 3.26. The lowest BCUT2D eigenvalue weighted by Gasteiger charge is -2.57. The van der Waals surface area contributed by atoms with Gasteiger partial charge in [0.05, 0.1) is 18.1 Å². The number of hydrogen-bond donors (Lipinski definition) is 2. The molecule has 0 spiro atoms. The van der Waals surface area contributed by atoms with Crippen LogP contribution in [0, 0.1) is 11.2 Å². The number of rotatable bonds is 5. The van der Waals surface area contributed by atoms with Gasteiger partial charge in [-0.15, -0.1) is 24.8 Å². The summed E-state index contributed by atoms with van der Waals surface area (Å²) in [5.41, 5.74) is 5.52. The highest BCUT2D eigenvalue weighted by atomic mass is 35.5. The first-order chi connectivity index (χ1) is 11.8. The predicted octanol–water partition coefficient (Wildman–Crippen LogP) is 3.33. The minimum Gasteiger partial charge on any atom is -0.378 e. The van der Waals surface area contributed by atoms with Gasteiger partial charge in [-0.3, -0.25) is 4.79 Å². The van der Waals surface area contributed by atoms with Crippen molar-refractivity contribution in [2.75, 3.05) is 11.9 Å². The molecule has 1 saturated carbocycles. The van der Waals surface area contributed by atoms with Crippen molar-refractivity contribution in [1.82, 2.24) is 9.55 Å². The first kappa shape index (κ1) is 23.4. The van der Waals surface area contributed by atoms with Crippen molar-refractivity contribution in [2.24, 2.45) is 11.1 Å². The van der Waals surface area contributed by atoms with Crippen LogP contribution in [-0.2, 0) is 9.53 Å². The lowest BCUT2D eigenvalue weighted by molar-refractivity contribution is -0.166. The summed E-state index contributed by atoms with van der Waals surface area (Å²) >= 11 is 0. The normalized spacial score (nSPS) is 22.8. The molecule has 2 aromatic rings. The highest BCUT2D eigenvalue weighted by Gasteiger charge is 2.62. The van der Waals surface area contributed by atoms with E-state index in [1.54, 1.807) is 29.1 Å². The summed E-state index contributed by atoms with van der Waals surface area (Å²) in [6.45, 7) is 6.32. The highest BCUT2D eigenvalue weighted by molar-refractivity contribution is 5.99. The largest absolute Gasteiger partial charge is 0.378 e. The van der Waals surface area contributed by atoms with Crippen LogP contribution in [0.15, 0.2) is 36.9 Å². The molecule has 2 atom stereocenters. The van der Waals surface area contributed by atoms with Gasteiger partial charge in [0.25, 0.3) is 0 Å². The second-order valence-electron chi connectivity index (χ2n) is 6.93. The van der Waals surface area contributed by atoms with E-state index in [2.05, 4.69) is 10.3 Å². The quantitative estimate of drug-likeness (QED) is 0.779. The van der Waals surface area contributed by atoms with Crippen LogP contribution in [0.2, 0.25) is 0 Å². The van der Waals surface area contributed by atoms with Crippen molar-refractivity contribution >= 4 is 36.4 Å². The molecule has 150 valence electrons. The topological polar surface area (TPSA) is 82.2 Å². The van der Waals surface area contributed by atoms with Crippen LogP contribution < -0.4 is 11.1 Å². The number of ether oxygens (including phenoxy) is 1. The first-order valence-electron chi connectivity index (χ1n) is 8.29.